The molecule has 1 rings (SSSR count). The fourth-order valence-electron chi connectivity index (χ4n) is 1.89. The van der Waals surface area contributed by atoms with Crippen molar-refractivity contribution in [2.75, 3.05) is 26.2 Å². The van der Waals surface area contributed by atoms with Crippen molar-refractivity contribution >= 4 is 24.4 Å². The van der Waals surface area contributed by atoms with Gasteiger partial charge in [0.15, 0.2) is 0 Å². The Morgan fingerprint density at radius 3 is 2.25 bits per heavy atom. The SMILES string of the molecule is CC(C)(C)OC(=O)NCCNC(=O)C1CCNCC1.Cl. The summed E-state index contributed by atoms with van der Waals surface area (Å²) in [5, 5.41) is 8.66. The van der Waals surface area contributed by atoms with E-state index in [1.165, 1.54) is 0 Å². The lowest BCUT2D eigenvalue weighted by Gasteiger charge is -2.22. The van der Waals surface area contributed by atoms with Crippen LogP contribution in [0.2, 0.25) is 0 Å². The van der Waals surface area contributed by atoms with E-state index < -0.39 is 11.7 Å². The van der Waals surface area contributed by atoms with E-state index in [0.717, 1.165) is 25.9 Å². The molecule has 0 aliphatic carbocycles. The molecule has 1 fully saturated rings. The molecule has 0 aromatic rings. The fourth-order valence-corrected chi connectivity index (χ4v) is 1.89. The van der Waals surface area contributed by atoms with Gasteiger partial charge in [-0.3, -0.25) is 4.79 Å². The molecule has 0 radical (unpaired) electrons. The molecule has 0 bridgehead atoms. The van der Waals surface area contributed by atoms with Crippen molar-refractivity contribution in [3.05, 3.63) is 0 Å². The maximum atomic E-state index is 11.8. The van der Waals surface area contributed by atoms with Gasteiger partial charge in [-0.15, -0.1) is 12.4 Å². The maximum Gasteiger partial charge on any atom is 0.407 e. The zero-order valence-corrected chi connectivity index (χ0v) is 13.3. The second-order valence-corrected chi connectivity index (χ2v) is 5.74. The molecular weight excluding hydrogens is 282 g/mol. The molecule has 3 N–H and O–H groups in total. The Kier molecular flexibility index (Phi) is 8.57. The number of piperidine rings is 1. The number of amides is 2. The summed E-state index contributed by atoms with van der Waals surface area (Å²) in [5.41, 5.74) is -0.498. The van der Waals surface area contributed by atoms with Gasteiger partial charge < -0.3 is 20.7 Å². The lowest BCUT2D eigenvalue weighted by atomic mass is 9.97. The Bertz CT molecular complexity index is 312. The van der Waals surface area contributed by atoms with Crippen LogP contribution in [0.3, 0.4) is 0 Å². The second kappa shape index (κ2) is 9.02. The second-order valence-electron chi connectivity index (χ2n) is 5.74. The molecular formula is C13H26ClN3O3. The van der Waals surface area contributed by atoms with Gasteiger partial charge >= 0.3 is 6.09 Å². The zero-order chi connectivity index (χ0) is 14.3. The highest BCUT2D eigenvalue weighted by Crippen LogP contribution is 2.10. The summed E-state index contributed by atoms with van der Waals surface area (Å²) in [7, 11) is 0. The number of hydrogen-bond acceptors (Lipinski definition) is 4. The van der Waals surface area contributed by atoms with Crippen LogP contribution in [-0.2, 0) is 9.53 Å². The highest BCUT2D eigenvalue weighted by molar-refractivity contribution is 5.85. The smallest absolute Gasteiger partial charge is 0.407 e. The normalized spacial score (nSPS) is 15.9. The van der Waals surface area contributed by atoms with Crippen LogP contribution in [0.4, 0.5) is 4.79 Å². The topological polar surface area (TPSA) is 79.5 Å². The van der Waals surface area contributed by atoms with E-state index in [2.05, 4.69) is 16.0 Å². The van der Waals surface area contributed by atoms with Gasteiger partial charge in [-0.2, -0.15) is 0 Å². The van der Waals surface area contributed by atoms with Crippen molar-refractivity contribution in [1.29, 1.82) is 0 Å². The van der Waals surface area contributed by atoms with Crippen molar-refractivity contribution in [3.8, 4) is 0 Å². The number of carbonyl (C=O) groups excluding carboxylic acids is 2. The van der Waals surface area contributed by atoms with Gasteiger partial charge in [-0.25, -0.2) is 4.79 Å². The van der Waals surface area contributed by atoms with E-state index in [-0.39, 0.29) is 24.2 Å². The average Bonchev–Trinajstić information content (AvgIpc) is 2.33. The molecule has 0 aromatic carbocycles. The molecule has 1 saturated heterocycles. The highest BCUT2D eigenvalue weighted by Gasteiger charge is 2.20. The molecule has 6 nitrogen and oxygen atoms in total. The van der Waals surface area contributed by atoms with Gasteiger partial charge in [0.1, 0.15) is 5.60 Å². The number of rotatable bonds is 4. The summed E-state index contributed by atoms with van der Waals surface area (Å²) in [6.45, 7) is 8.04. The molecule has 0 unspecified atom stereocenters. The van der Waals surface area contributed by atoms with E-state index in [0.29, 0.717) is 13.1 Å². The van der Waals surface area contributed by atoms with Crippen LogP contribution in [0.5, 0.6) is 0 Å². The lowest BCUT2D eigenvalue weighted by Crippen LogP contribution is -2.42. The molecule has 0 aromatic heterocycles. The summed E-state index contributed by atoms with van der Waals surface area (Å²) in [6.07, 6.45) is 1.31. The van der Waals surface area contributed by atoms with E-state index in [4.69, 9.17) is 4.74 Å². The summed E-state index contributed by atoms with van der Waals surface area (Å²) < 4.78 is 5.09. The standard InChI is InChI=1S/C13H25N3O3.ClH/c1-13(2,3)19-12(18)16-9-8-15-11(17)10-4-6-14-7-5-10;/h10,14H,4-9H2,1-3H3,(H,15,17)(H,16,18);1H. The Morgan fingerprint density at radius 2 is 1.70 bits per heavy atom. The Hall–Kier alpha value is -1.01. The number of carbonyl (C=O) groups is 2. The molecule has 118 valence electrons. The van der Waals surface area contributed by atoms with E-state index in [1.54, 1.807) is 0 Å². The molecule has 1 heterocycles. The van der Waals surface area contributed by atoms with Gasteiger partial charge in [-0.05, 0) is 46.7 Å². The van der Waals surface area contributed by atoms with Crippen LogP contribution >= 0.6 is 12.4 Å². The van der Waals surface area contributed by atoms with Crippen molar-refractivity contribution in [2.24, 2.45) is 5.92 Å². The first-order valence-corrected chi connectivity index (χ1v) is 6.84. The molecule has 0 atom stereocenters. The molecule has 1 aliphatic rings. The van der Waals surface area contributed by atoms with Crippen molar-refractivity contribution in [3.63, 3.8) is 0 Å². The predicted molar refractivity (Wildman–Crippen MR) is 80.1 cm³/mol. The summed E-state index contributed by atoms with van der Waals surface area (Å²) in [6, 6.07) is 0. The van der Waals surface area contributed by atoms with Gasteiger partial charge in [0, 0.05) is 19.0 Å². The van der Waals surface area contributed by atoms with Crippen LogP contribution in [0.1, 0.15) is 33.6 Å². The Labute approximate surface area is 126 Å². The first-order valence-electron chi connectivity index (χ1n) is 6.84. The fraction of sp³-hybridized carbons (Fsp3) is 0.846. The molecule has 20 heavy (non-hydrogen) atoms. The van der Waals surface area contributed by atoms with Crippen molar-refractivity contribution < 1.29 is 14.3 Å². The van der Waals surface area contributed by atoms with Crippen LogP contribution < -0.4 is 16.0 Å². The molecule has 0 spiro atoms. The molecule has 7 heteroatoms. The number of ether oxygens (including phenoxy) is 1. The van der Waals surface area contributed by atoms with Crippen LogP contribution in [0, 0.1) is 5.92 Å². The van der Waals surface area contributed by atoms with Crippen LogP contribution in [0.25, 0.3) is 0 Å². The van der Waals surface area contributed by atoms with E-state index >= 15 is 0 Å². The van der Waals surface area contributed by atoms with E-state index in [1.807, 2.05) is 20.8 Å². The van der Waals surface area contributed by atoms with Crippen LogP contribution in [-0.4, -0.2) is 43.8 Å². The summed E-state index contributed by atoms with van der Waals surface area (Å²) in [5.74, 6) is 0.176. The van der Waals surface area contributed by atoms with Gasteiger partial charge in [0.05, 0.1) is 0 Å². The quantitative estimate of drug-likeness (QED) is 0.678. The van der Waals surface area contributed by atoms with Gasteiger partial charge in [0.25, 0.3) is 0 Å². The maximum absolute atomic E-state index is 11.8. The largest absolute Gasteiger partial charge is 0.444 e. The molecule has 0 saturated carbocycles. The minimum Gasteiger partial charge on any atom is -0.444 e. The van der Waals surface area contributed by atoms with Gasteiger partial charge in [-0.1, -0.05) is 0 Å². The summed E-state index contributed by atoms with van der Waals surface area (Å²) >= 11 is 0. The van der Waals surface area contributed by atoms with Crippen LogP contribution in [0.15, 0.2) is 0 Å². The monoisotopic (exact) mass is 307 g/mol. The number of halogens is 1. The molecule has 2 amide bonds. The van der Waals surface area contributed by atoms with E-state index in [9.17, 15) is 9.59 Å². The first-order chi connectivity index (χ1) is 8.88. The average molecular weight is 308 g/mol. The third-order valence-electron chi connectivity index (χ3n) is 2.80. The van der Waals surface area contributed by atoms with Crippen molar-refractivity contribution in [1.82, 2.24) is 16.0 Å². The minimum absolute atomic E-state index is 0. The first kappa shape index (κ1) is 19.0. The third-order valence-corrected chi connectivity index (χ3v) is 2.80. The number of hydrogen-bond donors (Lipinski definition) is 3. The predicted octanol–water partition coefficient (Wildman–Crippen LogP) is 1.05. The number of alkyl carbamates (subject to hydrolysis) is 1. The lowest BCUT2D eigenvalue weighted by molar-refractivity contribution is -0.125. The molecule has 1 aliphatic heterocycles. The van der Waals surface area contributed by atoms with Crippen molar-refractivity contribution in [2.45, 2.75) is 39.2 Å². The Balaban J connectivity index is 0.00000361. The minimum atomic E-state index is -0.498. The third kappa shape index (κ3) is 8.22. The summed E-state index contributed by atoms with van der Waals surface area (Å²) in [4.78, 5) is 23.1. The van der Waals surface area contributed by atoms with Gasteiger partial charge in [0.2, 0.25) is 5.91 Å². The zero-order valence-electron chi connectivity index (χ0n) is 12.5. The highest BCUT2D eigenvalue weighted by atomic mass is 35.5. The Morgan fingerprint density at radius 1 is 1.15 bits per heavy atom. The number of nitrogens with one attached hydrogen (secondary N) is 3.